The van der Waals surface area contributed by atoms with Crippen molar-refractivity contribution >= 4 is 5.91 Å². The molecule has 5 nitrogen and oxygen atoms in total. The van der Waals surface area contributed by atoms with E-state index in [2.05, 4.69) is 4.90 Å². The summed E-state index contributed by atoms with van der Waals surface area (Å²) in [6.45, 7) is 4.03. The third-order valence-electron chi connectivity index (χ3n) is 4.23. The lowest BCUT2D eigenvalue weighted by atomic mass is 10.1. The third-order valence-corrected chi connectivity index (χ3v) is 4.23. The molecule has 0 aromatic carbocycles. The fourth-order valence-electron chi connectivity index (χ4n) is 2.73. The molecular formula is C15H22N2O3. The zero-order chi connectivity index (χ0) is 13.9. The predicted octanol–water partition coefficient (Wildman–Crippen LogP) is 1.08. The van der Waals surface area contributed by atoms with E-state index in [0.717, 1.165) is 51.3 Å². The number of aliphatic hydroxyl groups is 1. The molecule has 0 radical (unpaired) electrons. The van der Waals surface area contributed by atoms with Gasteiger partial charge in [0.05, 0.1) is 25.3 Å². The van der Waals surface area contributed by atoms with Crippen LogP contribution in [0.15, 0.2) is 22.8 Å². The quantitative estimate of drug-likeness (QED) is 0.876. The van der Waals surface area contributed by atoms with Gasteiger partial charge in [-0.15, -0.1) is 0 Å². The molecule has 1 aliphatic heterocycles. The average Bonchev–Trinajstić information content (AvgIpc) is 3.19. The molecule has 2 fully saturated rings. The van der Waals surface area contributed by atoms with Crippen molar-refractivity contribution in [3.05, 3.63) is 24.2 Å². The van der Waals surface area contributed by atoms with Crippen molar-refractivity contribution in [2.75, 3.05) is 26.2 Å². The summed E-state index contributed by atoms with van der Waals surface area (Å²) in [5, 5.41) is 9.84. The number of hydrogen-bond donors (Lipinski definition) is 1. The number of furan rings is 1. The maximum absolute atomic E-state index is 12.1. The van der Waals surface area contributed by atoms with Crippen LogP contribution in [0, 0.1) is 5.92 Å². The van der Waals surface area contributed by atoms with E-state index >= 15 is 0 Å². The zero-order valence-electron chi connectivity index (χ0n) is 11.7. The predicted molar refractivity (Wildman–Crippen MR) is 73.9 cm³/mol. The summed E-state index contributed by atoms with van der Waals surface area (Å²) >= 11 is 0. The molecule has 2 heterocycles. The second-order valence-corrected chi connectivity index (χ2v) is 5.85. The molecule has 3 rings (SSSR count). The first kappa shape index (κ1) is 13.6. The lowest BCUT2D eigenvalue weighted by Crippen LogP contribution is -2.48. The second kappa shape index (κ2) is 5.97. The Kier molecular flexibility index (Phi) is 4.08. The largest absolute Gasteiger partial charge is 0.468 e. The Hall–Kier alpha value is -1.33. The molecule has 2 aliphatic rings. The normalized spacial score (nSPS) is 21.9. The van der Waals surface area contributed by atoms with Crippen molar-refractivity contribution in [3.8, 4) is 0 Å². The maximum atomic E-state index is 12.1. The first-order valence-corrected chi connectivity index (χ1v) is 7.43. The van der Waals surface area contributed by atoms with Crippen LogP contribution in [-0.2, 0) is 11.3 Å². The smallest absolute Gasteiger partial charge is 0.225 e. The van der Waals surface area contributed by atoms with Crippen LogP contribution in [0.2, 0.25) is 0 Å². The summed E-state index contributed by atoms with van der Waals surface area (Å²) in [6, 6.07) is 3.87. The molecule has 0 spiro atoms. The summed E-state index contributed by atoms with van der Waals surface area (Å²) in [5.74, 6) is 1.44. The molecule has 1 atom stereocenters. The van der Waals surface area contributed by atoms with Gasteiger partial charge in [-0.3, -0.25) is 9.69 Å². The fraction of sp³-hybridized carbons (Fsp3) is 0.667. The van der Waals surface area contributed by atoms with Crippen LogP contribution in [0.5, 0.6) is 0 Å². The number of nitrogens with zero attached hydrogens (tertiary/aromatic N) is 2. The number of rotatable bonds is 5. The Morgan fingerprint density at radius 1 is 1.35 bits per heavy atom. The van der Waals surface area contributed by atoms with Crippen molar-refractivity contribution in [1.29, 1.82) is 0 Å². The zero-order valence-corrected chi connectivity index (χ0v) is 11.7. The average molecular weight is 278 g/mol. The second-order valence-electron chi connectivity index (χ2n) is 5.85. The number of carbonyl (C=O) groups excluding carboxylic acids is 1. The fourth-order valence-corrected chi connectivity index (χ4v) is 2.73. The van der Waals surface area contributed by atoms with Crippen LogP contribution in [0.3, 0.4) is 0 Å². The number of amides is 1. The molecule has 1 aromatic heterocycles. The minimum atomic E-state index is -0.427. The van der Waals surface area contributed by atoms with E-state index in [1.165, 1.54) is 0 Å². The third kappa shape index (κ3) is 3.41. The van der Waals surface area contributed by atoms with Gasteiger partial charge in [0.1, 0.15) is 5.76 Å². The molecule has 20 heavy (non-hydrogen) atoms. The van der Waals surface area contributed by atoms with Crippen LogP contribution in [0.25, 0.3) is 0 Å². The molecule has 1 amide bonds. The van der Waals surface area contributed by atoms with E-state index in [4.69, 9.17) is 4.42 Å². The van der Waals surface area contributed by atoms with Crippen LogP contribution >= 0.6 is 0 Å². The molecule has 1 saturated carbocycles. The van der Waals surface area contributed by atoms with Crippen LogP contribution in [-0.4, -0.2) is 53.1 Å². The van der Waals surface area contributed by atoms with Gasteiger partial charge in [0.25, 0.3) is 0 Å². The van der Waals surface area contributed by atoms with E-state index < -0.39 is 6.10 Å². The summed E-state index contributed by atoms with van der Waals surface area (Å²) in [7, 11) is 0. The Bertz CT molecular complexity index is 434. The molecule has 1 saturated heterocycles. The highest BCUT2D eigenvalue weighted by Gasteiger charge is 2.32. The van der Waals surface area contributed by atoms with Crippen LogP contribution in [0.4, 0.5) is 0 Å². The molecule has 5 heteroatoms. The van der Waals surface area contributed by atoms with E-state index in [-0.39, 0.29) is 5.91 Å². The van der Waals surface area contributed by atoms with Gasteiger partial charge >= 0.3 is 0 Å². The molecular weight excluding hydrogens is 256 g/mol. The minimum absolute atomic E-state index is 0.0991. The highest BCUT2D eigenvalue weighted by Crippen LogP contribution is 2.34. The number of carbonyl (C=O) groups is 1. The van der Waals surface area contributed by atoms with E-state index in [1.54, 1.807) is 6.26 Å². The van der Waals surface area contributed by atoms with Gasteiger partial charge in [0.15, 0.2) is 0 Å². The highest BCUT2D eigenvalue weighted by molar-refractivity contribution is 5.76. The van der Waals surface area contributed by atoms with Gasteiger partial charge in [-0.05, 0) is 30.9 Å². The summed E-state index contributed by atoms with van der Waals surface area (Å²) in [6.07, 6.45) is 3.71. The van der Waals surface area contributed by atoms with Gasteiger partial charge in [0.2, 0.25) is 5.91 Å². The van der Waals surface area contributed by atoms with E-state index in [9.17, 15) is 9.90 Å². The Morgan fingerprint density at radius 3 is 2.70 bits per heavy atom. The Morgan fingerprint density at radius 2 is 2.10 bits per heavy atom. The number of piperazine rings is 1. The summed E-state index contributed by atoms with van der Waals surface area (Å²) in [4.78, 5) is 16.3. The minimum Gasteiger partial charge on any atom is -0.468 e. The van der Waals surface area contributed by atoms with Crippen molar-refractivity contribution in [2.24, 2.45) is 5.92 Å². The lowest BCUT2D eigenvalue weighted by molar-refractivity contribution is -0.135. The van der Waals surface area contributed by atoms with E-state index in [1.807, 2.05) is 17.0 Å². The van der Waals surface area contributed by atoms with Gasteiger partial charge in [-0.25, -0.2) is 0 Å². The van der Waals surface area contributed by atoms with Crippen molar-refractivity contribution < 1.29 is 14.3 Å². The molecule has 1 unspecified atom stereocenters. The van der Waals surface area contributed by atoms with Crippen LogP contribution in [0.1, 0.15) is 25.0 Å². The first-order valence-electron chi connectivity index (χ1n) is 7.43. The molecule has 1 aliphatic carbocycles. The van der Waals surface area contributed by atoms with Crippen molar-refractivity contribution in [1.82, 2.24) is 9.80 Å². The number of aliphatic hydroxyl groups excluding tert-OH is 1. The molecule has 1 aromatic rings. The highest BCUT2D eigenvalue weighted by atomic mass is 16.3. The first-order chi connectivity index (χ1) is 9.72. The SMILES string of the molecule is O=C(CC(O)C1CC1)N1CCN(Cc2ccco2)CC1. The Labute approximate surface area is 119 Å². The van der Waals surface area contributed by atoms with Crippen molar-refractivity contribution in [3.63, 3.8) is 0 Å². The lowest BCUT2D eigenvalue weighted by Gasteiger charge is -2.34. The topological polar surface area (TPSA) is 56.9 Å². The molecule has 110 valence electrons. The summed E-state index contributed by atoms with van der Waals surface area (Å²) in [5.41, 5.74) is 0. The van der Waals surface area contributed by atoms with Gasteiger partial charge in [-0.2, -0.15) is 0 Å². The standard InChI is InChI=1S/C15H22N2O3/c18-14(12-3-4-12)10-15(19)17-7-5-16(6-8-17)11-13-2-1-9-20-13/h1-2,9,12,14,18H,3-8,10-11H2. The maximum Gasteiger partial charge on any atom is 0.225 e. The number of hydrogen-bond acceptors (Lipinski definition) is 4. The summed E-state index contributed by atoms with van der Waals surface area (Å²) < 4.78 is 5.34. The van der Waals surface area contributed by atoms with Gasteiger partial charge in [0, 0.05) is 26.2 Å². The van der Waals surface area contributed by atoms with E-state index in [0.29, 0.717) is 12.3 Å². The Balaban J connectivity index is 1.42. The van der Waals surface area contributed by atoms with Crippen molar-refractivity contribution in [2.45, 2.75) is 31.9 Å². The molecule has 1 N–H and O–H groups in total. The monoisotopic (exact) mass is 278 g/mol. The van der Waals surface area contributed by atoms with Crippen LogP contribution < -0.4 is 0 Å². The van der Waals surface area contributed by atoms with Gasteiger partial charge < -0.3 is 14.4 Å². The molecule has 0 bridgehead atoms. The van der Waals surface area contributed by atoms with Gasteiger partial charge in [-0.1, -0.05) is 0 Å².